The van der Waals surface area contributed by atoms with E-state index in [1.807, 2.05) is 23.6 Å². The lowest BCUT2D eigenvalue weighted by atomic mass is 10.1. The number of nitrogens with one attached hydrogen (secondary N) is 1. The minimum Gasteiger partial charge on any atom is -0.365 e. The zero-order chi connectivity index (χ0) is 13.4. The maximum atomic E-state index is 11.7. The Labute approximate surface area is 111 Å². The smallest absolute Gasteiger partial charge is 0.261 e. The zero-order valence-electron chi connectivity index (χ0n) is 9.71. The number of H-pyrrole nitrogens is 1. The minimum atomic E-state index is -0.729. The van der Waals surface area contributed by atoms with Crippen LogP contribution in [0, 0.1) is 0 Å². The molecule has 0 aliphatic carbocycles. The molecular formula is C13H9N3O2S. The van der Waals surface area contributed by atoms with Crippen molar-refractivity contribution in [3.05, 3.63) is 51.8 Å². The number of carbonyl (C=O) groups excluding carboxylic acids is 1. The second kappa shape index (κ2) is 4.33. The SMILES string of the molecule is NC(=O)c1cc2ccc(-c3nccs3)cc2[nH]c1=O. The number of pyridine rings is 1. The monoisotopic (exact) mass is 271 g/mol. The average Bonchev–Trinajstić information content (AvgIpc) is 2.90. The second-order valence-electron chi connectivity index (χ2n) is 4.02. The molecule has 0 saturated heterocycles. The summed E-state index contributed by atoms with van der Waals surface area (Å²) in [4.78, 5) is 29.7. The molecule has 3 aromatic rings. The zero-order valence-corrected chi connectivity index (χ0v) is 10.5. The van der Waals surface area contributed by atoms with E-state index >= 15 is 0 Å². The predicted octanol–water partition coefficient (Wildman–Crippen LogP) is 1.75. The van der Waals surface area contributed by atoms with Crippen LogP contribution in [0.5, 0.6) is 0 Å². The van der Waals surface area contributed by atoms with Crippen LogP contribution in [0.25, 0.3) is 21.5 Å². The first-order chi connectivity index (χ1) is 9.15. The number of nitrogens with zero attached hydrogens (tertiary/aromatic N) is 1. The van der Waals surface area contributed by atoms with Crippen LogP contribution in [0.15, 0.2) is 40.6 Å². The highest BCUT2D eigenvalue weighted by Crippen LogP contribution is 2.24. The molecule has 0 spiro atoms. The van der Waals surface area contributed by atoms with Gasteiger partial charge in [-0.25, -0.2) is 4.98 Å². The number of aromatic amines is 1. The third-order valence-electron chi connectivity index (χ3n) is 2.79. The largest absolute Gasteiger partial charge is 0.365 e. The Balaban J connectivity index is 2.23. The molecule has 2 heterocycles. The van der Waals surface area contributed by atoms with E-state index in [0.717, 1.165) is 16.0 Å². The van der Waals surface area contributed by atoms with Gasteiger partial charge in [-0.2, -0.15) is 0 Å². The molecule has 3 rings (SSSR count). The van der Waals surface area contributed by atoms with Crippen LogP contribution in [0.2, 0.25) is 0 Å². The first-order valence-corrected chi connectivity index (χ1v) is 6.40. The average molecular weight is 271 g/mol. The van der Waals surface area contributed by atoms with E-state index in [2.05, 4.69) is 9.97 Å². The summed E-state index contributed by atoms with van der Waals surface area (Å²) < 4.78 is 0. The summed E-state index contributed by atoms with van der Waals surface area (Å²) >= 11 is 1.52. The molecule has 0 atom stereocenters. The van der Waals surface area contributed by atoms with Crippen LogP contribution in [0.4, 0.5) is 0 Å². The van der Waals surface area contributed by atoms with E-state index in [1.54, 1.807) is 6.20 Å². The van der Waals surface area contributed by atoms with Crippen molar-refractivity contribution in [2.24, 2.45) is 5.73 Å². The van der Waals surface area contributed by atoms with Crippen molar-refractivity contribution in [1.29, 1.82) is 0 Å². The third-order valence-corrected chi connectivity index (χ3v) is 3.61. The topological polar surface area (TPSA) is 88.8 Å². The number of rotatable bonds is 2. The van der Waals surface area contributed by atoms with Gasteiger partial charge in [0.2, 0.25) is 0 Å². The molecule has 5 nitrogen and oxygen atoms in total. The lowest BCUT2D eigenvalue weighted by molar-refractivity contribution is 0.0999. The van der Waals surface area contributed by atoms with Crippen molar-refractivity contribution in [2.75, 3.05) is 0 Å². The van der Waals surface area contributed by atoms with Crippen molar-refractivity contribution in [2.45, 2.75) is 0 Å². The minimum absolute atomic E-state index is 0.0329. The van der Waals surface area contributed by atoms with Crippen LogP contribution in [-0.2, 0) is 0 Å². The van der Waals surface area contributed by atoms with Crippen molar-refractivity contribution in [3.63, 3.8) is 0 Å². The Kier molecular flexibility index (Phi) is 2.64. The molecule has 3 N–H and O–H groups in total. The number of amides is 1. The fraction of sp³-hybridized carbons (Fsp3) is 0. The highest BCUT2D eigenvalue weighted by Gasteiger charge is 2.09. The lowest BCUT2D eigenvalue weighted by Crippen LogP contribution is -2.23. The number of hydrogen-bond donors (Lipinski definition) is 2. The van der Waals surface area contributed by atoms with E-state index < -0.39 is 11.5 Å². The summed E-state index contributed by atoms with van der Waals surface area (Å²) in [6.45, 7) is 0. The van der Waals surface area contributed by atoms with Crippen LogP contribution < -0.4 is 11.3 Å². The number of thiazole rings is 1. The van der Waals surface area contributed by atoms with Crippen LogP contribution in [0.1, 0.15) is 10.4 Å². The molecule has 2 aromatic heterocycles. The summed E-state index contributed by atoms with van der Waals surface area (Å²) in [5, 5.41) is 3.52. The fourth-order valence-electron chi connectivity index (χ4n) is 1.88. The molecule has 0 unspecified atom stereocenters. The Morgan fingerprint density at radius 2 is 2.16 bits per heavy atom. The lowest BCUT2D eigenvalue weighted by Gasteiger charge is -2.02. The van der Waals surface area contributed by atoms with Gasteiger partial charge in [0.05, 0.1) is 0 Å². The van der Waals surface area contributed by atoms with Crippen molar-refractivity contribution in [3.8, 4) is 10.6 Å². The quantitative estimate of drug-likeness (QED) is 0.744. The van der Waals surface area contributed by atoms with Gasteiger partial charge in [-0.15, -0.1) is 11.3 Å². The van der Waals surface area contributed by atoms with Gasteiger partial charge >= 0.3 is 0 Å². The third kappa shape index (κ3) is 2.02. The van der Waals surface area contributed by atoms with Crippen molar-refractivity contribution in [1.82, 2.24) is 9.97 Å². The molecule has 0 bridgehead atoms. The first kappa shape index (κ1) is 11.6. The molecule has 0 radical (unpaired) electrons. The van der Waals surface area contributed by atoms with Gasteiger partial charge in [-0.1, -0.05) is 12.1 Å². The summed E-state index contributed by atoms with van der Waals surface area (Å²) in [5.74, 6) is -0.729. The molecular weight excluding hydrogens is 262 g/mol. The molecule has 0 saturated carbocycles. The number of fused-ring (bicyclic) bond motifs is 1. The molecule has 6 heteroatoms. The second-order valence-corrected chi connectivity index (χ2v) is 4.91. The maximum absolute atomic E-state index is 11.7. The normalized spacial score (nSPS) is 10.7. The molecule has 0 fully saturated rings. The molecule has 0 aliphatic heterocycles. The van der Waals surface area contributed by atoms with Crippen LogP contribution in [0.3, 0.4) is 0 Å². The summed E-state index contributed by atoms with van der Waals surface area (Å²) in [5.41, 5.74) is 6.21. The highest BCUT2D eigenvalue weighted by molar-refractivity contribution is 7.13. The van der Waals surface area contributed by atoms with E-state index in [-0.39, 0.29) is 5.56 Å². The molecule has 1 aromatic carbocycles. The number of benzene rings is 1. The highest BCUT2D eigenvalue weighted by atomic mass is 32.1. The number of nitrogens with two attached hydrogens (primary N) is 1. The summed E-state index contributed by atoms with van der Waals surface area (Å²) in [7, 11) is 0. The van der Waals surface area contributed by atoms with E-state index in [4.69, 9.17) is 5.73 Å². The summed E-state index contributed by atoms with van der Waals surface area (Å²) in [6, 6.07) is 7.06. The van der Waals surface area contributed by atoms with E-state index in [9.17, 15) is 9.59 Å². The molecule has 0 aliphatic rings. The number of carbonyl (C=O) groups is 1. The standard InChI is InChI=1S/C13H9N3O2S/c14-11(17)9-5-7-1-2-8(13-15-3-4-19-13)6-10(7)16-12(9)18/h1-6H,(H2,14,17)(H,16,18). The van der Waals surface area contributed by atoms with Crippen LogP contribution >= 0.6 is 11.3 Å². The van der Waals surface area contributed by atoms with Crippen molar-refractivity contribution >= 4 is 28.1 Å². The van der Waals surface area contributed by atoms with Gasteiger partial charge < -0.3 is 10.7 Å². The Bertz CT molecular complexity index is 822. The Hall–Kier alpha value is -2.47. The number of aromatic nitrogens is 2. The van der Waals surface area contributed by atoms with Gasteiger partial charge in [-0.05, 0) is 17.5 Å². The van der Waals surface area contributed by atoms with Gasteiger partial charge in [0, 0.05) is 22.7 Å². The molecule has 1 amide bonds. The fourth-order valence-corrected chi connectivity index (χ4v) is 2.52. The molecule has 94 valence electrons. The van der Waals surface area contributed by atoms with Crippen LogP contribution in [-0.4, -0.2) is 15.9 Å². The maximum Gasteiger partial charge on any atom is 0.261 e. The van der Waals surface area contributed by atoms with E-state index in [1.165, 1.54) is 17.4 Å². The van der Waals surface area contributed by atoms with Gasteiger partial charge in [0.25, 0.3) is 11.5 Å². The Morgan fingerprint density at radius 1 is 1.32 bits per heavy atom. The Morgan fingerprint density at radius 3 is 2.84 bits per heavy atom. The van der Waals surface area contributed by atoms with Gasteiger partial charge in [-0.3, -0.25) is 9.59 Å². The number of primary amides is 1. The predicted molar refractivity (Wildman–Crippen MR) is 74.2 cm³/mol. The van der Waals surface area contributed by atoms with Gasteiger partial charge in [0.1, 0.15) is 10.6 Å². The summed E-state index contributed by atoms with van der Waals surface area (Å²) in [6.07, 6.45) is 1.73. The van der Waals surface area contributed by atoms with Crippen molar-refractivity contribution < 1.29 is 4.79 Å². The molecule has 19 heavy (non-hydrogen) atoms. The first-order valence-electron chi connectivity index (χ1n) is 5.52. The van der Waals surface area contributed by atoms with E-state index in [0.29, 0.717) is 5.52 Å². The number of hydrogen-bond acceptors (Lipinski definition) is 4. The van der Waals surface area contributed by atoms with Gasteiger partial charge in [0.15, 0.2) is 0 Å².